The van der Waals surface area contributed by atoms with Gasteiger partial charge in [-0.2, -0.15) is 0 Å². The maximum absolute atomic E-state index is 12.7. The van der Waals surface area contributed by atoms with Crippen molar-refractivity contribution in [2.75, 3.05) is 24.7 Å². The summed E-state index contributed by atoms with van der Waals surface area (Å²) in [7, 11) is -4.34. The van der Waals surface area contributed by atoms with Crippen molar-refractivity contribution in [2.24, 2.45) is 0 Å². The Labute approximate surface area is 153 Å². The smallest absolute Gasteiger partial charge is 0.262 e. The Balaban J connectivity index is 2.38. The van der Waals surface area contributed by atoms with Crippen LogP contribution in [0.15, 0.2) is 46.2 Å². The van der Waals surface area contributed by atoms with Crippen LogP contribution in [0.5, 0.6) is 11.5 Å². The van der Waals surface area contributed by atoms with Crippen LogP contribution >= 0.6 is 0 Å². The van der Waals surface area contributed by atoms with E-state index >= 15 is 0 Å². The lowest BCUT2D eigenvalue weighted by molar-refractivity contribution is 0.353. The first-order chi connectivity index (χ1) is 12.1. The first-order valence-electron chi connectivity index (χ1n) is 7.73. The van der Waals surface area contributed by atoms with Gasteiger partial charge in [-0.25, -0.2) is 16.8 Å². The van der Waals surface area contributed by atoms with Gasteiger partial charge in [-0.05, 0) is 42.8 Å². The molecule has 0 aromatic heterocycles. The molecule has 0 unspecified atom stereocenters. The molecule has 26 heavy (non-hydrogen) atoms. The normalized spacial score (nSPS) is 11.8. The second-order valence-electron chi connectivity index (χ2n) is 5.51. The lowest BCUT2D eigenvalue weighted by Crippen LogP contribution is -2.15. The molecule has 0 heterocycles. The summed E-state index contributed by atoms with van der Waals surface area (Å²) in [6.45, 7) is 3.19. The molecule has 9 heteroatoms. The quantitative estimate of drug-likeness (QED) is 0.768. The van der Waals surface area contributed by atoms with E-state index in [1.54, 1.807) is 19.9 Å². The Morgan fingerprint density at radius 1 is 0.923 bits per heavy atom. The number of sulfone groups is 1. The van der Waals surface area contributed by atoms with E-state index in [0.29, 0.717) is 17.1 Å². The molecule has 0 bridgehead atoms. The van der Waals surface area contributed by atoms with Gasteiger partial charge in [-0.1, -0.05) is 6.92 Å². The van der Waals surface area contributed by atoms with Crippen molar-refractivity contribution in [2.45, 2.75) is 23.6 Å². The van der Waals surface area contributed by atoms with Gasteiger partial charge < -0.3 is 9.47 Å². The van der Waals surface area contributed by atoms with Crippen molar-refractivity contribution in [1.82, 2.24) is 0 Å². The third-order valence-corrected chi connectivity index (χ3v) is 7.09. The van der Waals surface area contributed by atoms with E-state index in [0.717, 1.165) is 0 Å². The Morgan fingerprint density at radius 2 is 1.46 bits per heavy atom. The molecule has 7 nitrogen and oxygen atoms in total. The summed E-state index contributed by atoms with van der Waals surface area (Å²) >= 11 is 0. The van der Waals surface area contributed by atoms with Crippen LogP contribution in [0.4, 0.5) is 5.69 Å². The van der Waals surface area contributed by atoms with Crippen LogP contribution in [0.2, 0.25) is 0 Å². The number of sulfonamides is 1. The van der Waals surface area contributed by atoms with Crippen molar-refractivity contribution in [3.05, 3.63) is 42.0 Å². The summed E-state index contributed by atoms with van der Waals surface area (Å²) in [5.74, 6) is 0.698. The fourth-order valence-corrected chi connectivity index (χ4v) is 4.54. The SMILES string of the molecule is CCS(=O)(=O)c1ccc(NS(=O)(=O)c2cc(OC)c(OC)cc2C)cc1. The molecule has 142 valence electrons. The van der Waals surface area contributed by atoms with Crippen LogP contribution in [0, 0.1) is 6.92 Å². The molecule has 0 atom stereocenters. The number of hydrogen-bond donors (Lipinski definition) is 1. The molecule has 0 fully saturated rings. The number of rotatable bonds is 7. The maximum Gasteiger partial charge on any atom is 0.262 e. The standard InChI is InChI=1S/C17H21NO6S2/c1-5-25(19,20)14-8-6-13(7-9-14)18-26(21,22)17-11-16(24-4)15(23-3)10-12(17)2/h6-11,18H,5H2,1-4H3. The topological polar surface area (TPSA) is 98.8 Å². The zero-order chi connectivity index (χ0) is 19.5. The molecule has 2 aromatic carbocycles. The van der Waals surface area contributed by atoms with Crippen LogP contribution in [-0.4, -0.2) is 36.8 Å². The molecule has 2 rings (SSSR count). The van der Waals surface area contributed by atoms with Gasteiger partial charge in [0.15, 0.2) is 21.3 Å². The molecule has 0 saturated carbocycles. The Hall–Kier alpha value is -2.26. The van der Waals surface area contributed by atoms with E-state index in [-0.39, 0.29) is 21.2 Å². The van der Waals surface area contributed by atoms with Crippen molar-refractivity contribution in [3.8, 4) is 11.5 Å². The fourth-order valence-electron chi connectivity index (χ4n) is 2.36. The van der Waals surface area contributed by atoms with E-state index in [9.17, 15) is 16.8 Å². The van der Waals surface area contributed by atoms with E-state index in [2.05, 4.69) is 4.72 Å². The van der Waals surface area contributed by atoms with Crippen LogP contribution in [0.25, 0.3) is 0 Å². The Kier molecular flexibility index (Phi) is 5.82. The van der Waals surface area contributed by atoms with Gasteiger partial charge in [0.2, 0.25) is 0 Å². The molecular weight excluding hydrogens is 378 g/mol. The number of benzene rings is 2. The number of hydrogen-bond acceptors (Lipinski definition) is 6. The zero-order valence-electron chi connectivity index (χ0n) is 14.9. The minimum Gasteiger partial charge on any atom is -0.493 e. The lowest BCUT2D eigenvalue weighted by Gasteiger charge is -2.14. The second-order valence-corrected chi connectivity index (χ2v) is 9.44. The number of nitrogens with one attached hydrogen (secondary N) is 1. The molecule has 0 aliphatic heterocycles. The summed E-state index contributed by atoms with van der Waals surface area (Å²) in [5.41, 5.74) is 0.745. The summed E-state index contributed by atoms with van der Waals surface area (Å²) in [5, 5.41) is 0. The predicted octanol–water partition coefficient (Wildman–Crippen LogP) is 2.61. The summed E-state index contributed by atoms with van der Waals surface area (Å²) in [6.07, 6.45) is 0. The molecule has 0 spiro atoms. The van der Waals surface area contributed by atoms with Crippen molar-refractivity contribution >= 4 is 25.5 Å². The van der Waals surface area contributed by atoms with E-state index < -0.39 is 19.9 Å². The summed E-state index contributed by atoms with van der Waals surface area (Å²) < 4.78 is 61.8. The number of aryl methyl sites for hydroxylation is 1. The highest BCUT2D eigenvalue weighted by molar-refractivity contribution is 7.92. The largest absolute Gasteiger partial charge is 0.493 e. The van der Waals surface area contributed by atoms with Gasteiger partial charge >= 0.3 is 0 Å². The van der Waals surface area contributed by atoms with E-state index in [4.69, 9.17) is 9.47 Å². The van der Waals surface area contributed by atoms with Gasteiger partial charge in [0, 0.05) is 11.8 Å². The highest BCUT2D eigenvalue weighted by Crippen LogP contribution is 2.33. The second kappa shape index (κ2) is 7.55. The average Bonchev–Trinajstić information content (AvgIpc) is 2.61. The number of methoxy groups -OCH3 is 2. The first kappa shape index (κ1) is 20.1. The first-order valence-corrected chi connectivity index (χ1v) is 10.9. The molecule has 0 saturated heterocycles. The van der Waals surface area contributed by atoms with Gasteiger partial charge in [-0.15, -0.1) is 0 Å². The third kappa shape index (κ3) is 4.10. The molecule has 0 aliphatic rings. The lowest BCUT2D eigenvalue weighted by atomic mass is 10.2. The molecule has 2 aromatic rings. The van der Waals surface area contributed by atoms with Crippen LogP contribution in [-0.2, 0) is 19.9 Å². The minimum atomic E-state index is -3.89. The summed E-state index contributed by atoms with van der Waals surface area (Å²) in [4.78, 5) is 0.186. The van der Waals surface area contributed by atoms with Gasteiger partial charge in [-0.3, -0.25) is 4.72 Å². The molecule has 0 aliphatic carbocycles. The van der Waals surface area contributed by atoms with Crippen molar-refractivity contribution < 1.29 is 26.3 Å². The van der Waals surface area contributed by atoms with Gasteiger partial charge in [0.1, 0.15) is 0 Å². The molecule has 0 amide bonds. The maximum atomic E-state index is 12.7. The minimum absolute atomic E-state index is 0.0249. The highest BCUT2D eigenvalue weighted by Gasteiger charge is 2.21. The van der Waals surface area contributed by atoms with Crippen molar-refractivity contribution in [3.63, 3.8) is 0 Å². The van der Waals surface area contributed by atoms with E-state index in [1.165, 1.54) is 44.6 Å². The monoisotopic (exact) mass is 399 g/mol. The number of anilines is 1. The Bertz CT molecular complexity index is 996. The highest BCUT2D eigenvalue weighted by atomic mass is 32.2. The van der Waals surface area contributed by atoms with Gasteiger partial charge in [0.05, 0.1) is 29.8 Å². The van der Waals surface area contributed by atoms with Gasteiger partial charge in [0.25, 0.3) is 10.0 Å². The predicted molar refractivity (Wildman–Crippen MR) is 99.3 cm³/mol. The molecular formula is C17H21NO6S2. The summed E-state index contributed by atoms with van der Waals surface area (Å²) in [6, 6.07) is 8.53. The number of ether oxygens (including phenoxy) is 2. The molecule has 1 N–H and O–H groups in total. The average molecular weight is 399 g/mol. The van der Waals surface area contributed by atoms with Crippen LogP contribution < -0.4 is 14.2 Å². The molecule has 0 radical (unpaired) electrons. The van der Waals surface area contributed by atoms with Crippen molar-refractivity contribution in [1.29, 1.82) is 0 Å². The van der Waals surface area contributed by atoms with E-state index in [1.807, 2.05) is 0 Å². The third-order valence-electron chi connectivity index (χ3n) is 3.82. The zero-order valence-corrected chi connectivity index (χ0v) is 16.6. The fraction of sp³-hybridized carbons (Fsp3) is 0.294. The van der Waals surface area contributed by atoms with Crippen LogP contribution in [0.3, 0.4) is 0 Å². The Morgan fingerprint density at radius 3 is 1.96 bits per heavy atom. The van der Waals surface area contributed by atoms with Crippen LogP contribution in [0.1, 0.15) is 12.5 Å².